The van der Waals surface area contributed by atoms with Gasteiger partial charge in [-0.1, -0.05) is 0 Å². The fraction of sp³-hybridized carbons (Fsp3) is 0.857. The molecule has 4 heteroatoms. The van der Waals surface area contributed by atoms with Gasteiger partial charge in [-0.2, -0.15) is 0 Å². The third-order valence-electron chi connectivity index (χ3n) is 1.30. The molecule has 0 radical (unpaired) electrons. The van der Waals surface area contributed by atoms with Crippen LogP contribution in [0.1, 0.15) is 0 Å². The Morgan fingerprint density at radius 1 is 1.45 bits per heavy atom. The Bertz CT molecular complexity index is 116. The van der Waals surface area contributed by atoms with E-state index in [1.807, 2.05) is 11.9 Å². The second kappa shape index (κ2) is 6.12. The predicted molar refractivity (Wildman–Crippen MR) is 41.4 cm³/mol. The van der Waals surface area contributed by atoms with Crippen LogP contribution in [0, 0.1) is 0 Å². The van der Waals surface area contributed by atoms with Crippen molar-refractivity contribution in [3.63, 3.8) is 0 Å². The Labute approximate surface area is 67.1 Å². The molecule has 0 N–H and O–H groups in total. The van der Waals surface area contributed by atoms with Crippen molar-refractivity contribution >= 4 is 5.97 Å². The SMILES string of the molecule is COCCN(C)CC(=O)OC. The molecule has 0 saturated heterocycles. The predicted octanol–water partition coefficient (Wildman–Crippen LogP) is -0.262. The van der Waals surface area contributed by atoms with E-state index < -0.39 is 0 Å². The number of ether oxygens (including phenoxy) is 2. The van der Waals surface area contributed by atoms with E-state index in [1.54, 1.807) is 7.11 Å². The lowest BCUT2D eigenvalue weighted by atomic mass is 10.5. The lowest BCUT2D eigenvalue weighted by Crippen LogP contribution is -2.29. The van der Waals surface area contributed by atoms with Gasteiger partial charge in [0.15, 0.2) is 0 Å². The smallest absolute Gasteiger partial charge is 0.319 e. The van der Waals surface area contributed by atoms with E-state index in [1.165, 1.54) is 7.11 Å². The van der Waals surface area contributed by atoms with Crippen LogP contribution in [0.15, 0.2) is 0 Å². The van der Waals surface area contributed by atoms with E-state index in [2.05, 4.69) is 4.74 Å². The third-order valence-corrected chi connectivity index (χ3v) is 1.30. The second-order valence-corrected chi connectivity index (χ2v) is 2.31. The zero-order valence-electron chi connectivity index (χ0n) is 7.29. The first-order chi connectivity index (χ1) is 5.20. The maximum atomic E-state index is 10.7. The minimum absolute atomic E-state index is 0.219. The van der Waals surface area contributed by atoms with Crippen molar-refractivity contribution in [1.29, 1.82) is 0 Å². The summed E-state index contributed by atoms with van der Waals surface area (Å²) in [7, 11) is 4.86. The van der Waals surface area contributed by atoms with Gasteiger partial charge in [-0.05, 0) is 7.05 Å². The molecule has 0 spiro atoms. The Morgan fingerprint density at radius 3 is 2.55 bits per heavy atom. The van der Waals surface area contributed by atoms with Crippen LogP contribution in [0.25, 0.3) is 0 Å². The number of nitrogens with zero attached hydrogens (tertiary/aromatic N) is 1. The number of rotatable bonds is 5. The van der Waals surface area contributed by atoms with Gasteiger partial charge in [0.25, 0.3) is 0 Å². The summed E-state index contributed by atoms with van der Waals surface area (Å²) in [5, 5.41) is 0. The topological polar surface area (TPSA) is 38.8 Å². The highest BCUT2D eigenvalue weighted by Crippen LogP contribution is 1.83. The van der Waals surface area contributed by atoms with Crippen molar-refractivity contribution in [2.24, 2.45) is 0 Å². The molecular formula is C7H15NO3. The number of carbonyl (C=O) groups is 1. The Kier molecular flexibility index (Phi) is 5.78. The van der Waals surface area contributed by atoms with Crippen molar-refractivity contribution < 1.29 is 14.3 Å². The number of methoxy groups -OCH3 is 2. The van der Waals surface area contributed by atoms with Gasteiger partial charge in [-0.3, -0.25) is 9.69 Å². The summed E-state index contributed by atoms with van der Waals surface area (Å²) in [5.41, 5.74) is 0. The third kappa shape index (κ3) is 5.82. The van der Waals surface area contributed by atoms with Crippen LogP contribution in [0.2, 0.25) is 0 Å². The normalized spacial score (nSPS) is 10.2. The maximum absolute atomic E-state index is 10.7. The minimum atomic E-state index is -0.219. The Hall–Kier alpha value is -0.610. The van der Waals surface area contributed by atoms with Crippen molar-refractivity contribution in [3.05, 3.63) is 0 Å². The molecule has 0 fully saturated rings. The summed E-state index contributed by atoms with van der Waals surface area (Å²) in [4.78, 5) is 12.5. The number of carbonyl (C=O) groups excluding carboxylic acids is 1. The molecule has 0 aliphatic heterocycles. The molecule has 0 atom stereocenters. The van der Waals surface area contributed by atoms with E-state index in [9.17, 15) is 4.79 Å². The molecule has 11 heavy (non-hydrogen) atoms. The molecule has 0 unspecified atom stereocenters. The van der Waals surface area contributed by atoms with Gasteiger partial charge in [-0.25, -0.2) is 0 Å². The van der Waals surface area contributed by atoms with E-state index in [-0.39, 0.29) is 5.97 Å². The van der Waals surface area contributed by atoms with Crippen molar-refractivity contribution in [1.82, 2.24) is 4.90 Å². The molecular weight excluding hydrogens is 146 g/mol. The Balaban J connectivity index is 3.35. The van der Waals surface area contributed by atoms with Gasteiger partial charge in [0.2, 0.25) is 0 Å². The average molecular weight is 161 g/mol. The maximum Gasteiger partial charge on any atom is 0.319 e. The summed E-state index contributed by atoms with van der Waals surface area (Å²) in [5.74, 6) is -0.219. The summed E-state index contributed by atoms with van der Waals surface area (Å²) in [6.45, 7) is 1.69. The van der Waals surface area contributed by atoms with Crippen LogP contribution in [0.3, 0.4) is 0 Å². The summed E-state index contributed by atoms with van der Waals surface area (Å²) in [6, 6.07) is 0. The van der Waals surface area contributed by atoms with Gasteiger partial charge in [-0.15, -0.1) is 0 Å². The highest BCUT2D eigenvalue weighted by molar-refractivity contribution is 5.71. The van der Waals surface area contributed by atoms with Crippen LogP contribution in [0.5, 0.6) is 0 Å². The van der Waals surface area contributed by atoms with Crippen LogP contribution < -0.4 is 0 Å². The quantitative estimate of drug-likeness (QED) is 0.521. The minimum Gasteiger partial charge on any atom is -0.468 e. The standard InChI is InChI=1S/C7H15NO3/c1-8(4-5-10-2)6-7(9)11-3/h4-6H2,1-3H3. The van der Waals surface area contributed by atoms with Crippen molar-refractivity contribution in [2.45, 2.75) is 0 Å². The van der Waals surface area contributed by atoms with Gasteiger partial charge in [0.05, 0.1) is 20.3 Å². The van der Waals surface area contributed by atoms with E-state index in [0.29, 0.717) is 13.2 Å². The molecule has 0 saturated carbocycles. The molecule has 0 amide bonds. The van der Waals surface area contributed by atoms with Gasteiger partial charge in [0, 0.05) is 13.7 Å². The summed E-state index contributed by atoms with van der Waals surface area (Å²) in [6.07, 6.45) is 0. The average Bonchev–Trinajstić information content (AvgIpc) is 2.00. The second-order valence-electron chi connectivity index (χ2n) is 2.31. The monoisotopic (exact) mass is 161 g/mol. The zero-order chi connectivity index (χ0) is 8.69. The fourth-order valence-corrected chi connectivity index (χ4v) is 0.611. The van der Waals surface area contributed by atoms with Crippen LogP contribution >= 0.6 is 0 Å². The molecule has 0 aromatic rings. The molecule has 0 aliphatic carbocycles. The molecule has 0 bridgehead atoms. The summed E-state index contributed by atoms with van der Waals surface area (Å²) >= 11 is 0. The van der Waals surface area contributed by atoms with E-state index in [4.69, 9.17) is 4.74 Å². The highest BCUT2D eigenvalue weighted by atomic mass is 16.5. The van der Waals surface area contributed by atoms with E-state index >= 15 is 0 Å². The van der Waals surface area contributed by atoms with Gasteiger partial charge < -0.3 is 9.47 Å². The van der Waals surface area contributed by atoms with Crippen LogP contribution in [-0.2, 0) is 14.3 Å². The molecule has 0 heterocycles. The largest absolute Gasteiger partial charge is 0.468 e. The first-order valence-electron chi connectivity index (χ1n) is 3.45. The molecule has 0 aromatic carbocycles. The first kappa shape index (κ1) is 10.4. The lowest BCUT2D eigenvalue weighted by Gasteiger charge is -2.13. The summed E-state index contributed by atoms with van der Waals surface area (Å²) < 4.78 is 9.31. The molecule has 0 rings (SSSR count). The van der Waals surface area contributed by atoms with E-state index in [0.717, 1.165) is 6.54 Å². The van der Waals surface area contributed by atoms with Crippen LogP contribution in [0.4, 0.5) is 0 Å². The zero-order valence-corrected chi connectivity index (χ0v) is 7.29. The highest BCUT2D eigenvalue weighted by Gasteiger charge is 2.04. The van der Waals surface area contributed by atoms with Crippen LogP contribution in [-0.4, -0.2) is 51.8 Å². The molecule has 0 aromatic heterocycles. The number of hydrogen-bond acceptors (Lipinski definition) is 4. The lowest BCUT2D eigenvalue weighted by molar-refractivity contribution is -0.141. The number of hydrogen-bond donors (Lipinski definition) is 0. The molecule has 4 nitrogen and oxygen atoms in total. The molecule has 66 valence electrons. The first-order valence-corrected chi connectivity index (χ1v) is 3.45. The number of esters is 1. The Morgan fingerprint density at radius 2 is 2.09 bits per heavy atom. The number of likely N-dealkylation sites (N-methyl/N-ethyl adjacent to an activating group) is 1. The van der Waals surface area contributed by atoms with Crippen molar-refractivity contribution in [3.8, 4) is 0 Å². The molecule has 0 aliphatic rings. The van der Waals surface area contributed by atoms with Gasteiger partial charge in [0.1, 0.15) is 0 Å². The van der Waals surface area contributed by atoms with Crippen molar-refractivity contribution in [2.75, 3.05) is 41.0 Å². The fourth-order valence-electron chi connectivity index (χ4n) is 0.611. The van der Waals surface area contributed by atoms with Gasteiger partial charge >= 0.3 is 5.97 Å².